The second-order valence-electron chi connectivity index (χ2n) is 8.15. The number of hydrogen-bond donors (Lipinski definition) is 0. The van der Waals surface area contributed by atoms with E-state index in [4.69, 9.17) is 0 Å². The minimum absolute atomic E-state index is 0.104. The molecule has 2 aromatic rings. The lowest BCUT2D eigenvalue weighted by Gasteiger charge is -2.38. The van der Waals surface area contributed by atoms with E-state index >= 15 is 0 Å². The average Bonchev–Trinajstić information content (AvgIpc) is 3.02. The number of carbonyl (C=O) groups is 1. The van der Waals surface area contributed by atoms with Crippen molar-refractivity contribution >= 4 is 21.8 Å². The molecule has 148 valence electrons. The molecule has 4 nitrogen and oxygen atoms in total. The first kappa shape index (κ1) is 19.6. The Morgan fingerprint density at radius 3 is 2.46 bits per heavy atom. The number of rotatable bonds is 6. The number of nitrogens with zero attached hydrogens (tertiary/aromatic N) is 3. The van der Waals surface area contributed by atoms with Crippen molar-refractivity contribution in [3.05, 3.63) is 64.4 Å². The van der Waals surface area contributed by atoms with Gasteiger partial charge in [0.25, 0.3) is 0 Å². The van der Waals surface area contributed by atoms with Gasteiger partial charge in [-0.25, -0.2) is 0 Å². The molecule has 0 unspecified atom stereocenters. The van der Waals surface area contributed by atoms with E-state index in [-0.39, 0.29) is 5.41 Å². The normalized spacial score (nSPS) is 19.5. The summed E-state index contributed by atoms with van der Waals surface area (Å²) < 4.78 is 1.08. The summed E-state index contributed by atoms with van der Waals surface area (Å²) in [6, 6.07) is 14.4. The molecule has 0 N–H and O–H groups in total. The Labute approximate surface area is 176 Å². The summed E-state index contributed by atoms with van der Waals surface area (Å²) in [5.74, 6) is 0.378. The number of benzene rings is 1. The van der Waals surface area contributed by atoms with E-state index in [1.54, 1.807) is 0 Å². The number of halogens is 1. The first-order valence-corrected chi connectivity index (χ1v) is 11.1. The maximum Gasteiger partial charge on any atom is 0.229 e. The van der Waals surface area contributed by atoms with Gasteiger partial charge in [-0.3, -0.25) is 9.78 Å². The average molecular weight is 442 g/mol. The van der Waals surface area contributed by atoms with Gasteiger partial charge in [0.2, 0.25) is 5.91 Å². The van der Waals surface area contributed by atoms with Crippen molar-refractivity contribution in [2.75, 3.05) is 26.2 Å². The van der Waals surface area contributed by atoms with Crippen LogP contribution in [0.2, 0.25) is 0 Å². The Hall–Kier alpha value is -1.72. The van der Waals surface area contributed by atoms with Crippen molar-refractivity contribution in [1.29, 1.82) is 0 Å². The molecule has 4 rings (SSSR count). The molecule has 1 amide bonds. The summed E-state index contributed by atoms with van der Waals surface area (Å²) in [7, 11) is 0. The van der Waals surface area contributed by atoms with Gasteiger partial charge >= 0.3 is 0 Å². The van der Waals surface area contributed by atoms with Crippen molar-refractivity contribution in [1.82, 2.24) is 14.8 Å². The summed E-state index contributed by atoms with van der Waals surface area (Å²) in [6.07, 6.45) is 7.06. The summed E-state index contributed by atoms with van der Waals surface area (Å²) >= 11 is 3.48. The van der Waals surface area contributed by atoms with Crippen molar-refractivity contribution in [3.8, 4) is 0 Å². The minimum atomic E-state index is -0.104. The lowest BCUT2D eigenvalue weighted by molar-refractivity contribution is -0.138. The van der Waals surface area contributed by atoms with Crippen molar-refractivity contribution in [2.24, 2.45) is 5.41 Å². The number of piperidine rings is 1. The predicted octanol–water partition coefficient (Wildman–Crippen LogP) is 4.29. The molecule has 0 radical (unpaired) electrons. The third-order valence-corrected chi connectivity index (χ3v) is 6.86. The topological polar surface area (TPSA) is 36.4 Å². The van der Waals surface area contributed by atoms with E-state index in [1.165, 1.54) is 11.3 Å². The number of pyridine rings is 1. The zero-order valence-electron chi connectivity index (χ0n) is 16.3. The lowest BCUT2D eigenvalue weighted by atomic mass is 9.77. The van der Waals surface area contributed by atoms with Gasteiger partial charge in [-0.1, -0.05) is 34.1 Å². The van der Waals surface area contributed by atoms with Gasteiger partial charge in [0.1, 0.15) is 0 Å². The van der Waals surface area contributed by atoms with Crippen LogP contribution in [0.4, 0.5) is 0 Å². The fourth-order valence-electron chi connectivity index (χ4n) is 4.55. The molecular weight excluding hydrogens is 414 g/mol. The number of hydrogen-bond acceptors (Lipinski definition) is 3. The third kappa shape index (κ3) is 4.47. The molecule has 28 heavy (non-hydrogen) atoms. The molecule has 2 aliphatic heterocycles. The molecule has 1 aromatic heterocycles. The second-order valence-corrected chi connectivity index (χ2v) is 9.07. The fraction of sp³-hybridized carbons (Fsp3) is 0.478. The van der Waals surface area contributed by atoms with Crippen LogP contribution in [0.5, 0.6) is 0 Å². The smallest absolute Gasteiger partial charge is 0.229 e. The van der Waals surface area contributed by atoms with Crippen LogP contribution in [0, 0.1) is 5.41 Å². The molecule has 5 heteroatoms. The van der Waals surface area contributed by atoms with Gasteiger partial charge in [-0.05, 0) is 81.6 Å². The standard InChI is InChI=1S/C23H28BrN3O/c24-20-8-6-19(7-9-20)18-27-17-12-23(22(27)28)10-15-26(16-11-23)14-3-5-21-4-1-2-13-25-21/h1-2,4,6-9,13H,3,5,10-12,14-18H2. The summed E-state index contributed by atoms with van der Waals surface area (Å²) in [5, 5.41) is 0. The largest absolute Gasteiger partial charge is 0.338 e. The van der Waals surface area contributed by atoms with E-state index in [1.807, 2.05) is 12.3 Å². The molecule has 2 fully saturated rings. The molecule has 0 bridgehead atoms. The SMILES string of the molecule is O=C1N(Cc2ccc(Br)cc2)CCC12CCN(CCCc1ccccn1)CC2. The molecule has 0 atom stereocenters. The Bertz CT molecular complexity index is 785. The van der Waals surface area contributed by atoms with Crippen LogP contribution in [0.15, 0.2) is 53.1 Å². The summed E-state index contributed by atoms with van der Waals surface area (Å²) in [6.45, 7) is 4.82. The molecular formula is C23H28BrN3O. The van der Waals surface area contributed by atoms with Crippen LogP contribution >= 0.6 is 15.9 Å². The zero-order chi connectivity index (χ0) is 19.4. The molecule has 1 aromatic carbocycles. The minimum Gasteiger partial charge on any atom is -0.338 e. The van der Waals surface area contributed by atoms with Gasteiger partial charge in [0, 0.05) is 29.5 Å². The molecule has 1 spiro atoms. The van der Waals surface area contributed by atoms with Crippen LogP contribution in [-0.4, -0.2) is 46.9 Å². The van der Waals surface area contributed by atoms with Crippen LogP contribution in [0.3, 0.4) is 0 Å². The van der Waals surface area contributed by atoms with E-state index in [9.17, 15) is 4.79 Å². The second kappa shape index (κ2) is 8.75. The molecule has 2 aliphatic rings. The van der Waals surface area contributed by atoms with Gasteiger partial charge in [-0.2, -0.15) is 0 Å². The van der Waals surface area contributed by atoms with Crippen molar-refractivity contribution in [2.45, 2.75) is 38.6 Å². The molecule has 0 aliphatic carbocycles. The third-order valence-electron chi connectivity index (χ3n) is 6.33. The fourth-order valence-corrected chi connectivity index (χ4v) is 4.82. The van der Waals surface area contributed by atoms with Gasteiger partial charge in [-0.15, -0.1) is 0 Å². The van der Waals surface area contributed by atoms with Crippen molar-refractivity contribution in [3.63, 3.8) is 0 Å². The van der Waals surface area contributed by atoms with Crippen LogP contribution in [-0.2, 0) is 17.8 Å². The zero-order valence-corrected chi connectivity index (χ0v) is 17.9. The highest BCUT2D eigenvalue weighted by atomic mass is 79.9. The Morgan fingerprint density at radius 2 is 1.75 bits per heavy atom. The molecule has 2 saturated heterocycles. The molecule has 3 heterocycles. The number of aromatic nitrogens is 1. The van der Waals surface area contributed by atoms with Gasteiger partial charge < -0.3 is 9.80 Å². The predicted molar refractivity (Wildman–Crippen MR) is 115 cm³/mol. The first-order chi connectivity index (χ1) is 13.6. The Kier molecular flexibility index (Phi) is 6.12. The number of carbonyl (C=O) groups excluding carboxylic acids is 1. The Morgan fingerprint density at radius 1 is 1.00 bits per heavy atom. The quantitative estimate of drug-likeness (QED) is 0.670. The maximum absolute atomic E-state index is 13.1. The number of likely N-dealkylation sites (tertiary alicyclic amines) is 2. The van der Waals surface area contributed by atoms with E-state index in [0.29, 0.717) is 5.91 Å². The maximum atomic E-state index is 13.1. The van der Waals surface area contributed by atoms with Gasteiger partial charge in [0.15, 0.2) is 0 Å². The number of amides is 1. The van der Waals surface area contributed by atoms with Crippen LogP contribution in [0.25, 0.3) is 0 Å². The summed E-state index contributed by atoms with van der Waals surface area (Å²) in [5.41, 5.74) is 2.28. The number of aryl methyl sites for hydroxylation is 1. The Balaban J connectivity index is 1.25. The highest BCUT2D eigenvalue weighted by Gasteiger charge is 2.47. The lowest BCUT2D eigenvalue weighted by Crippen LogP contribution is -2.44. The van der Waals surface area contributed by atoms with E-state index in [2.05, 4.69) is 67.1 Å². The van der Waals surface area contributed by atoms with Crippen LogP contribution < -0.4 is 0 Å². The molecule has 0 saturated carbocycles. The van der Waals surface area contributed by atoms with Crippen LogP contribution in [0.1, 0.15) is 36.9 Å². The highest BCUT2D eigenvalue weighted by Crippen LogP contribution is 2.42. The van der Waals surface area contributed by atoms with E-state index in [0.717, 1.165) is 69.3 Å². The first-order valence-electron chi connectivity index (χ1n) is 10.3. The van der Waals surface area contributed by atoms with Gasteiger partial charge in [0.05, 0.1) is 5.41 Å². The monoisotopic (exact) mass is 441 g/mol. The van der Waals surface area contributed by atoms with E-state index < -0.39 is 0 Å². The highest BCUT2D eigenvalue weighted by molar-refractivity contribution is 9.10. The van der Waals surface area contributed by atoms with Crippen molar-refractivity contribution < 1.29 is 4.79 Å². The summed E-state index contributed by atoms with van der Waals surface area (Å²) in [4.78, 5) is 22.2.